The van der Waals surface area contributed by atoms with Gasteiger partial charge in [-0.05, 0) is 12.1 Å². The minimum atomic E-state index is 1.10. The summed E-state index contributed by atoms with van der Waals surface area (Å²) >= 11 is 0. The highest BCUT2D eigenvalue weighted by molar-refractivity contribution is 5.88. The molecule has 1 aromatic heterocycles. The third-order valence-electron chi connectivity index (χ3n) is 1.98. The van der Waals surface area contributed by atoms with Gasteiger partial charge in [-0.2, -0.15) is 5.10 Å². The van der Waals surface area contributed by atoms with E-state index in [1.807, 2.05) is 42.7 Å². The molecule has 1 aliphatic rings. The maximum absolute atomic E-state index is 4.04. The number of rotatable bonds is 0. The molecule has 0 radical (unpaired) electrons. The second kappa shape index (κ2) is 5.50. The number of aliphatic imine (C=N–C) groups is 1. The average Bonchev–Trinajstić information content (AvgIpc) is 2.81. The molecule has 2 aromatic rings. The van der Waals surface area contributed by atoms with Crippen LogP contribution < -0.4 is 5.32 Å². The third-order valence-corrected chi connectivity index (χ3v) is 1.98. The molecule has 4 nitrogen and oxygen atoms in total. The maximum atomic E-state index is 4.04. The summed E-state index contributed by atoms with van der Waals surface area (Å²) in [6, 6.07) is 9.88. The highest BCUT2D eigenvalue weighted by atomic mass is 15.1. The average molecular weight is 212 g/mol. The Bertz CT molecular complexity index is 454. The summed E-state index contributed by atoms with van der Waals surface area (Å²) in [7, 11) is 0. The van der Waals surface area contributed by atoms with Crippen LogP contribution in [0.3, 0.4) is 0 Å². The molecule has 0 spiro atoms. The van der Waals surface area contributed by atoms with Crippen LogP contribution in [-0.2, 0) is 0 Å². The molecule has 0 saturated carbocycles. The summed E-state index contributed by atoms with van der Waals surface area (Å²) < 4.78 is 0. The van der Waals surface area contributed by atoms with Crippen molar-refractivity contribution < 1.29 is 0 Å². The second-order valence-electron chi connectivity index (χ2n) is 3.09. The van der Waals surface area contributed by atoms with Crippen molar-refractivity contribution in [1.29, 1.82) is 0 Å². The van der Waals surface area contributed by atoms with Gasteiger partial charge >= 0.3 is 0 Å². The van der Waals surface area contributed by atoms with Gasteiger partial charge in [0.05, 0.1) is 0 Å². The van der Waals surface area contributed by atoms with Gasteiger partial charge in [-0.3, -0.25) is 10.1 Å². The summed E-state index contributed by atoms with van der Waals surface area (Å²) in [5, 5.41) is 9.33. The molecular formula is C12H12N4. The fourth-order valence-corrected chi connectivity index (χ4v) is 1.25. The third kappa shape index (κ3) is 2.81. The molecule has 0 saturated heterocycles. The SMILES string of the molecule is C1=CNc2ccccc2C=N1.c1cn[nH]c1. The lowest BCUT2D eigenvalue weighted by Crippen LogP contribution is -1.89. The quantitative estimate of drug-likeness (QED) is 0.704. The fraction of sp³-hybridized carbons (Fsp3) is 0. The van der Waals surface area contributed by atoms with Crippen LogP contribution in [0.5, 0.6) is 0 Å². The van der Waals surface area contributed by atoms with E-state index in [-0.39, 0.29) is 0 Å². The van der Waals surface area contributed by atoms with E-state index in [0.717, 1.165) is 11.3 Å². The zero-order valence-electron chi connectivity index (χ0n) is 8.67. The number of H-pyrrole nitrogens is 1. The largest absolute Gasteiger partial charge is 0.360 e. The van der Waals surface area contributed by atoms with Gasteiger partial charge in [0, 0.05) is 42.3 Å². The van der Waals surface area contributed by atoms with Crippen LogP contribution in [0.15, 0.2) is 60.1 Å². The summed E-state index contributed by atoms with van der Waals surface area (Å²) in [5.74, 6) is 0. The topological polar surface area (TPSA) is 53.1 Å². The summed E-state index contributed by atoms with van der Waals surface area (Å²) in [6.07, 6.45) is 8.86. The van der Waals surface area contributed by atoms with Crippen molar-refractivity contribution in [2.75, 3.05) is 5.32 Å². The number of para-hydroxylation sites is 1. The van der Waals surface area contributed by atoms with Crippen LogP contribution in [0, 0.1) is 0 Å². The highest BCUT2D eigenvalue weighted by Gasteiger charge is 1.96. The van der Waals surface area contributed by atoms with E-state index in [2.05, 4.69) is 20.5 Å². The number of nitrogens with one attached hydrogen (secondary N) is 2. The molecule has 0 atom stereocenters. The summed E-state index contributed by atoms with van der Waals surface area (Å²) in [4.78, 5) is 4.04. The first-order chi connectivity index (χ1) is 7.97. The van der Waals surface area contributed by atoms with Gasteiger partial charge in [0.2, 0.25) is 0 Å². The monoisotopic (exact) mass is 212 g/mol. The number of hydrogen-bond donors (Lipinski definition) is 2. The van der Waals surface area contributed by atoms with Crippen LogP contribution >= 0.6 is 0 Å². The molecule has 1 aromatic carbocycles. The van der Waals surface area contributed by atoms with E-state index in [1.54, 1.807) is 18.6 Å². The van der Waals surface area contributed by atoms with E-state index in [0.29, 0.717) is 0 Å². The molecule has 2 heterocycles. The van der Waals surface area contributed by atoms with Gasteiger partial charge in [0.25, 0.3) is 0 Å². The molecule has 0 fully saturated rings. The number of nitrogens with zero attached hydrogens (tertiary/aromatic N) is 2. The van der Waals surface area contributed by atoms with E-state index in [1.165, 1.54) is 0 Å². The van der Waals surface area contributed by atoms with Crippen molar-refractivity contribution in [2.45, 2.75) is 0 Å². The smallest absolute Gasteiger partial charge is 0.0487 e. The lowest BCUT2D eigenvalue weighted by atomic mass is 10.2. The van der Waals surface area contributed by atoms with Gasteiger partial charge in [-0.1, -0.05) is 18.2 Å². The number of benzene rings is 1. The first-order valence-electron chi connectivity index (χ1n) is 4.94. The molecule has 0 aliphatic carbocycles. The standard InChI is InChI=1S/C9H8N2.C3H4N2/c1-2-4-9-8(3-1)7-10-5-6-11-9;1-2-4-5-3-1/h1-7,11H;1-3H,(H,4,5). The maximum Gasteiger partial charge on any atom is 0.0487 e. The van der Waals surface area contributed by atoms with Crippen molar-refractivity contribution in [1.82, 2.24) is 10.2 Å². The molecule has 2 N–H and O–H groups in total. The van der Waals surface area contributed by atoms with Gasteiger partial charge in [-0.15, -0.1) is 0 Å². The van der Waals surface area contributed by atoms with Gasteiger partial charge in [0.1, 0.15) is 0 Å². The molecular weight excluding hydrogens is 200 g/mol. The number of hydrogen-bond acceptors (Lipinski definition) is 3. The Morgan fingerprint density at radius 3 is 2.75 bits per heavy atom. The van der Waals surface area contributed by atoms with Crippen LogP contribution in [0.2, 0.25) is 0 Å². The lowest BCUT2D eigenvalue weighted by molar-refractivity contribution is 1.09. The molecule has 0 amide bonds. The van der Waals surface area contributed by atoms with Crippen molar-refractivity contribution in [3.8, 4) is 0 Å². The normalized spacial score (nSPS) is 11.8. The zero-order chi connectivity index (χ0) is 11.1. The summed E-state index contributed by atoms with van der Waals surface area (Å²) in [5.41, 5.74) is 2.22. The summed E-state index contributed by atoms with van der Waals surface area (Å²) in [6.45, 7) is 0. The lowest BCUT2D eigenvalue weighted by Gasteiger charge is -2.01. The number of anilines is 1. The number of aromatic nitrogens is 2. The van der Waals surface area contributed by atoms with E-state index in [9.17, 15) is 0 Å². The van der Waals surface area contributed by atoms with Gasteiger partial charge in [-0.25, -0.2) is 0 Å². The Labute approximate surface area is 93.7 Å². The van der Waals surface area contributed by atoms with E-state index in [4.69, 9.17) is 0 Å². The first kappa shape index (κ1) is 10.2. The number of fused-ring (bicyclic) bond motifs is 1. The van der Waals surface area contributed by atoms with E-state index < -0.39 is 0 Å². The Kier molecular flexibility index (Phi) is 3.50. The predicted octanol–water partition coefficient (Wildman–Crippen LogP) is 2.41. The van der Waals surface area contributed by atoms with Crippen LogP contribution in [0.1, 0.15) is 5.56 Å². The van der Waals surface area contributed by atoms with Crippen molar-refractivity contribution in [3.63, 3.8) is 0 Å². The molecule has 4 heteroatoms. The van der Waals surface area contributed by atoms with Crippen molar-refractivity contribution >= 4 is 11.9 Å². The first-order valence-corrected chi connectivity index (χ1v) is 4.94. The van der Waals surface area contributed by atoms with Gasteiger partial charge in [0.15, 0.2) is 0 Å². The van der Waals surface area contributed by atoms with Gasteiger partial charge < -0.3 is 5.32 Å². The Morgan fingerprint density at radius 1 is 1.06 bits per heavy atom. The molecule has 3 rings (SSSR count). The number of aromatic amines is 1. The van der Waals surface area contributed by atoms with Crippen LogP contribution in [-0.4, -0.2) is 16.4 Å². The molecule has 1 aliphatic heterocycles. The Balaban J connectivity index is 0.000000162. The van der Waals surface area contributed by atoms with Crippen molar-refractivity contribution in [2.24, 2.45) is 4.99 Å². The zero-order valence-corrected chi connectivity index (χ0v) is 8.67. The molecule has 16 heavy (non-hydrogen) atoms. The molecule has 0 bridgehead atoms. The van der Waals surface area contributed by atoms with Crippen molar-refractivity contribution in [3.05, 3.63) is 60.7 Å². The molecule has 80 valence electrons. The van der Waals surface area contributed by atoms with Crippen LogP contribution in [0.4, 0.5) is 5.69 Å². The molecule has 0 unspecified atom stereocenters. The Morgan fingerprint density at radius 2 is 2.00 bits per heavy atom. The predicted molar refractivity (Wildman–Crippen MR) is 65.4 cm³/mol. The minimum Gasteiger partial charge on any atom is -0.360 e. The minimum absolute atomic E-state index is 1.10. The second-order valence-corrected chi connectivity index (χ2v) is 3.09. The fourth-order valence-electron chi connectivity index (χ4n) is 1.25. The van der Waals surface area contributed by atoms with Crippen LogP contribution in [0.25, 0.3) is 0 Å². The Hall–Kier alpha value is -2.36. The van der Waals surface area contributed by atoms with E-state index >= 15 is 0 Å². The highest BCUT2D eigenvalue weighted by Crippen LogP contribution is 2.13.